The summed E-state index contributed by atoms with van der Waals surface area (Å²) in [4.78, 5) is 0. The molecule has 3 heteroatoms. The summed E-state index contributed by atoms with van der Waals surface area (Å²) in [5.74, 6) is 0. The van der Waals surface area contributed by atoms with Crippen LogP contribution in [0.1, 0.15) is 19.4 Å². The van der Waals surface area contributed by atoms with Gasteiger partial charge in [0.05, 0.1) is 6.61 Å². The molecule has 0 N–H and O–H groups in total. The van der Waals surface area contributed by atoms with Crippen LogP contribution < -0.4 is 0 Å². The van der Waals surface area contributed by atoms with Gasteiger partial charge < -0.3 is 9.30 Å². The second-order valence-electron chi connectivity index (χ2n) is 3.74. The number of benzene rings is 1. The monoisotopic (exact) mass is 237 g/mol. The summed E-state index contributed by atoms with van der Waals surface area (Å²) < 4.78 is 7.69. The lowest BCUT2D eigenvalue weighted by Crippen LogP contribution is -1.91. The van der Waals surface area contributed by atoms with Crippen molar-refractivity contribution in [3.05, 3.63) is 35.0 Å². The lowest BCUT2D eigenvalue weighted by atomic mass is 10.2. The minimum atomic E-state index is 0.653. The maximum Gasteiger partial charge on any atom is 0.0737 e. The molecule has 0 aliphatic rings. The first-order valence-corrected chi connectivity index (χ1v) is 5.99. The number of nitrogens with zero attached hydrogens (tertiary/aromatic N) is 1. The highest BCUT2D eigenvalue weighted by molar-refractivity contribution is 6.31. The van der Waals surface area contributed by atoms with Gasteiger partial charge in [-0.25, -0.2) is 0 Å². The number of aromatic nitrogens is 1. The first kappa shape index (κ1) is 11.5. The summed E-state index contributed by atoms with van der Waals surface area (Å²) >= 11 is 6.03. The van der Waals surface area contributed by atoms with Gasteiger partial charge in [-0.1, -0.05) is 11.6 Å². The van der Waals surface area contributed by atoms with Crippen LogP contribution in [0.3, 0.4) is 0 Å². The first-order valence-electron chi connectivity index (χ1n) is 5.61. The molecule has 2 nitrogen and oxygen atoms in total. The summed E-state index contributed by atoms with van der Waals surface area (Å²) in [5.41, 5.74) is 2.43. The molecule has 0 bridgehead atoms. The molecule has 0 fully saturated rings. The number of halogens is 1. The predicted molar refractivity (Wildman–Crippen MR) is 68.0 cm³/mol. The largest absolute Gasteiger partial charge is 0.377 e. The molecule has 16 heavy (non-hydrogen) atoms. The van der Waals surface area contributed by atoms with E-state index in [1.54, 1.807) is 0 Å². The summed E-state index contributed by atoms with van der Waals surface area (Å²) in [7, 11) is 0. The third-order valence-electron chi connectivity index (χ3n) is 2.73. The van der Waals surface area contributed by atoms with Crippen molar-refractivity contribution in [3.8, 4) is 0 Å². The van der Waals surface area contributed by atoms with Crippen molar-refractivity contribution in [2.45, 2.75) is 27.0 Å². The zero-order valence-corrected chi connectivity index (χ0v) is 10.4. The Hall–Kier alpha value is -0.990. The van der Waals surface area contributed by atoms with E-state index >= 15 is 0 Å². The molecule has 1 heterocycles. The van der Waals surface area contributed by atoms with Crippen molar-refractivity contribution in [3.63, 3.8) is 0 Å². The molecule has 0 aliphatic heterocycles. The summed E-state index contributed by atoms with van der Waals surface area (Å²) in [6.07, 6.45) is 2.15. The molecular formula is C13H16ClNO. The average molecular weight is 238 g/mol. The topological polar surface area (TPSA) is 14.2 Å². The summed E-state index contributed by atoms with van der Waals surface area (Å²) in [6.45, 7) is 6.49. The van der Waals surface area contributed by atoms with Crippen molar-refractivity contribution in [2.24, 2.45) is 0 Å². The molecule has 86 valence electrons. The van der Waals surface area contributed by atoms with Crippen LogP contribution in [0.4, 0.5) is 0 Å². The van der Waals surface area contributed by atoms with Crippen LogP contribution in [0.25, 0.3) is 10.9 Å². The van der Waals surface area contributed by atoms with E-state index in [2.05, 4.69) is 23.8 Å². The highest BCUT2D eigenvalue weighted by Crippen LogP contribution is 2.25. The third-order valence-corrected chi connectivity index (χ3v) is 2.96. The number of aryl methyl sites for hydroxylation is 1. The Kier molecular flexibility index (Phi) is 3.52. The van der Waals surface area contributed by atoms with Gasteiger partial charge in [-0.3, -0.25) is 0 Å². The van der Waals surface area contributed by atoms with Crippen molar-refractivity contribution in [1.82, 2.24) is 4.57 Å². The van der Waals surface area contributed by atoms with Gasteiger partial charge in [0.15, 0.2) is 0 Å². The van der Waals surface area contributed by atoms with Gasteiger partial charge in [-0.15, -0.1) is 0 Å². The number of ether oxygens (including phenoxy) is 1. The number of rotatable bonds is 4. The van der Waals surface area contributed by atoms with Gasteiger partial charge in [0.25, 0.3) is 0 Å². The quantitative estimate of drug-likeness (QED) is 0.788. The molecule has 2 rings (SSSR count). The number of hydrogen-bond donors (Lipinski definition) is 0. The van der Waals surface area contributed by atoms with E-state index in [0.29, 0.717) is 6.61 Å². The second-order valence-corrected chi connectivity index (χ2v) is 4.18. The van der Waals surface area contributed by atoms with E-state index in [0.717, 1.165) is 18.2 Å². The van der Waals surface area contributed by atoms with Gasteiger partial charge >= 0.3 is 0 Å². The van der Waals surface area contributed by atoms with Crippen LogP contribution in [-0.2, 0) is 17.9 Å². The minimum Gasteiger partial charge on any atom is -0.377 e. The van der Waals surface area contributed by atoms with Gasteiger partial charge in [0, 0.05) is 40.8 Å². The average Bonchev–Trinajstić information content (AvgIpc) is 2.64. The Bertz CT molecular complexity index is 490. The fourth-order valence-corrected chi connectivity index (χ4v) is 2.10. The van der Waals surface area contributed by atoms with E-state index in [1.165, 1.54) is 16.5 Å². The van der Waals surface area contributed by atoms with Gasteiger partial charge in [-0.05, 0) is 32.0 Å². The smallest absolute Gasteiger partial charge is 0.0737 e. The van der Waals surface area contributed by atoms with Crippen LogP contribution in [0.2, 0.25) is 5.02 Å². The molecule has 0 unspecified atom stereocenters. The highest BCUT2D eigenvalue weighted by Gasteiger charge is 2.07. The van der Waals surface area contributed by atoms with E-state index in [4.69, 9.17) is 16.3 Å². The maximum absolute atomic E-state index is 6.03. The maximum atomic E-state index is 6.03. The summed E-state index contributed by atoms with van der Waals surface area (Å²) in [5, 5.41) is 1.97. The second kappa shape index (κ2) is 4.89. The van der Waals surface area contributed by atoms with Crippen LogP contribution in [-0.4, -0.2) is 11.2 Å². The first-order chi connectivity index (χ1) is 7.76. The lowest BCUT2D eigenvalue weighted by Gasteiger charge is -2.00. The fraction of sp³-hybridized carbons (Fsp3) is 0.385. The SMILES string of the molecule is CCOCc1cn(CC)c2ccc(Cl)cc12. The molecule has 1 aromatic carbocycles. The number of hydrogen-bond acceptors (Lipinski definition) is 1. The van der Waals surface area contributed by atoms with Crippen LogP contribution in [0.5, 0.6) is 0 Å². The van der Waals surface area contributed by atoms with Crippen molar-refractivity contribution in [1.29, 1.82) is 0 Å². The normalized spacial score (nSPS) is 11.2. The molecule has 0 spiro atoms. The van der Waals surface area contributed by atoms with Gasteiger partial charge in [-0.2, -0.15) is 0 Å². The van der Waals surface area contributed by atoms with Gasteiger partial charge in [0.1, 0.15) is 0 Å². The molecule has 1 aromatic heterocycles. The molecule has 0 amide bonds. The van der Waals surface area contributed by atoms with Crippen molar-refractivity contribution in [2.75, 3.05) is 6.61 Å². The Morgan fingerprint density at radius 2 is 2.12 bits per heavy atom. The Morgan fingerprint density at radius 1 is 1.31 bits per heavy atom. The Balaban J connectivity index is 2.50. The Labute approximate surface area is 101 Å². The lowest BCUT2D eigenvalue weighted by molar-refractivity contribution is 0.135. The van der Waals surface area contributed by atoms with E-state index in [9.17, 15) is 0 Å². The standard InChI is InChI=1S/C13H16ClNO/c1-3-15-8-10(9-16-4-2)12-7-11(14)5-6-13(12)15/h5-8H,3-4,9H2,1-2H3. The van der Waals surface area contributed by atoms with Crippen LogP contribution in [0, 0.1) is 0 Å². The summed E-state index contributed by atoms with van der Waals surface area (Å²) in [6, 6.07) is 6.01. The van der Waals surface area contributed by atoms with E-state index in [1.807, 2.05) is 19.1 Å². The predicted octanol–water partition coefficient (Wildman–Crippen LogP) is 3.85. The van der Waals surface area contributed by atoms with Gasteiger partial charge in [0.2, 0.25) is 0 Å². The zero-order chi connectivity index (χ0) is 11.5. The molecule has 0 aliphatic carbocycles. The zero-order valence-electron chi connectivity index (χ0n) is 9.66. The molecule has 0 saturated carbocycles. The van der Waals surface area contributed by atoms with Crippen molar-refractivity contribution < 1.29 is 4.74 Å². The van der Waals surface area contributed by atoms with E-state index < -0.39 is 0 Å². The molecular weight excluding hydrogens is 222 g/mol. The van der Waals surface area contributed by atoms with Crippen molar-refractivity contribution >= 4 is 22.5 Å². The molecule has 0 radical (unpaired) electrons. The number of fused-ring (bicyclic) bond motifs is 1. The highest BCUT2D eigenvalue weighted by atomic mass is 35.5. The fourth-order valence-electron chi connectivity index (χ4n) is 1.93. The molecule has 0 atom stereocenters. The minimum absolute atomic E-state index is 0.653. The third kappa shape index (κ3) is 2.08. The van der Waals surface area contributed by atoms with E-state index in [-0.39, 0.29) is 0 Å². The van der Waals surface area contributed by atoms with Crippen LogP contribution >= 0.6 is 11.6 Å². The Morgan fingerprint density at radius 3 is 2.81 bits per heavy atom. The van der Waals surface area contributed by atoms with Crippen LogP contribution in [0.15, 0.2) is 24.4 Å². The molecule has 2 aromatic rings. The molecule has 0 saturated heterocycles.